The Labute approximate surface area is 202 Å². The van der Waals surface area contributed by atoms with Crippen LogP contribution in [-0.4, -0.2) is 15.8 Å². The average molecular weight is 473 g/mol. The molecule has 3 nitrogen and oxygen atoms in total. The first-order chi connectivity index (χ1) is 15.6. The molecule has 2 saturated carbocycles. The van der Waals surface area contributed by atoms with Crippen LogP contribution in [0.3, 0.4) is 0 Å². The average Bonchev–Trinajstić information content (AvgIpc) is 2.83. The molecule has 2 atom stereocenters. The maximum absolute atomic E-state index is 13.6. The number of rotatable bonds is 8. The van der Waals surface area contributed by atoms with Crippen molar-refractivity contribution in [3.8, 4) is 0 Å². The van der Waals surface area contributed by atoms with Crippen LogP contribution in [0.15, 0.2) is 36.9 Å². The zero-order valence-electron chi connectivity index (χ0n) is 18.8. The Balaban J connectivity index is 1.55. The van der Waals surface area contributed by atoms with Gasteiger partial charge in [-0.15, -0.1) is 0 Å². The minimum Gasteiger partial charge on any atom is -0.300 e. The number of Topliss-reactive ketones (excluding diaryl/α,β-unsaturated/α-hetero) is 1. The van der Waals surface area contributed by atoms with Crippen molar-refractivity contribution >= 4 is 29.0 Å². The molecule has 2 aliphatic rings. The third-order valence-corrected chi connectivity index (χ3v) is 8.37. The van der Waals surface area contributed by atoms with Crippen LogP contribution in [0, 0.1) is 11.8 Å². The standard InChI is InChI=1S/C27H34Cl2N2O/c28-26-17-30-13-11-22(26)24(19-7-3-1-4-8-19)15-21(32)16-25(20-9-5-2-6-10-20)23-12-14-31-18-27(23)29/h11-14,17-20,24-25H,1-10,15-16H2/t24-,25+. The van der Waals surface area contributed by atoms with E-state index in [1.165, 1.54) is 64.2 Å². The Morgan fingerprint density at radius 3 is 1.53 bits per heavy atom. The van der Waals surface area contributed by atoms with Gasteiger partial charge in [0.15, 0.2) is 0 Å². The van der Waals surface area contributed by atoms with Gasteiger partial charge in [-0.3, -0.25) is 14.8 Å². The number of carbonyl (C=O) groups excluding carboxylic acids is 1. The Hall–Kier alpha value is -1.45. The van der Waals surface area contributed by atoms with Gasteiger partial charge in [-0.05, 0) is 72.6 Å². The Bertz CT molecular complexity index is 819. The number of hydrogen-bond donors (Lipinski definition) is 0. The molecular formula is C27H34Cl2N2O. The molecule has 0 amide bonds. The number of halogens is 2. The molecule has 0 unspecified atom stereocenters. The van der Waals surface area contributed by atoms with E-state index < -0.39 is 0 Å². The summed E-state index contributed by atoms with van der Waals surface area (Å²) in [7, 11) is 0. The van der Waals surface area contributed by atoms with E-state index in [-0.39, 0.29) is 11.8 Å². The van der Waals surface area contributed by atoms with E-state index in [0.717, 1.165) is 11.1 Å². The number of hydrogen-bond acceptors (Lipinski definition) is 3. The van der Waals surface area contributed by atoms with Crippen molar-refractivity contribution in [2.45, 2.75) is 88.9 Å². The molecule has 0 saturated heterocycles. The molecule has 2 heterocycles. The van der Waals surface area contributed by atoms with Gasteiger partial charge in [-0.2, -0.15) is 0 Å². The van der Waals surface area contributed by atoms with Crippen LogP contribution in [0.1, 0.15) is 100 Å². The number of pyridine rings is 2. The molecular weight excluding hydrogens is 439 g/mol. The zero-order valence-corrected chi connectivity index (χ0v) is 20.3. The van der Waals surface area contributed by atoms with Gasteiger partial charge in [0, 0.05) is 37.6 Å². The molecule has 0 N–H and O–H groups in total. The number of ketones is 1. The van der Waals surface area contributed by atoms with Crippen LogP contribution >= 0.6 is 23.2 Å². The predicted octanol–water partition coefficient (Wildman–Crippen LogP) is 8.16. The zero-order chi connectivity index (χ0) is 22.3. The van der Waals surface area contributed by atoms with Gasteiger partial charge in [-0.1, -0.05) is 61.7 Å². The lowest BCUT2D eigenvalue weighted by Gasteiger charge is -2.33. The first-order valence-corrected chi connectivity index (χ1v) is 13.1. The maximum Gasteiger partial charge on any atom is 0.134 e. The molecule has 4 rings (SSSR count). The molecule has 2 aliphatic carbocycles. The highest BCUT2D eigenvalue weighted by atomic mass is 35.5. The monoisotopic (exact) mass is 472 g/mol. The minimum atomic E-state index is 0.179. The van der Waals surface area contributed by atoms with Gasteiger partial charge < -0.3 is 0 Å². The van der Waals surface area contributed by atoms with Gasteiger partial charge >= 0.3 is 0 Å². The predicted molar refractivity (Wildman–Crippen MR) is 131 cm³/mol. The van der Waals surface area contributed by atoms with Crippen LogP contribution in [-0.2, 0) is 4.79 Å². The van der Waals surface area contributed by atoms with Crippen molar-refractivity contribution < 1.29 is 4.79 Å². The van der Waals surface area contributed by atoms with E-state index >= 15 is 0 Å². The molecule has 2 aromatic heterocycles. The SMILES string of the molecule is O=C(C[C@H](c1ccncc1Cl)C1CCCCC1)C[C@@H](c1ccncc1Cl)C1CCCCC1. The molecule has 0 spiro atoms. The normalized spacial score (nSPS) is 20.1. The first-order valence-electron chi connectivity index (χ1n) is 12.3. The largest absolute Gasteiger partial charge is 0.300 e. The summed E-state index contributed by atoms with van der Waals surface area (Å²) in [5.74, 6) is 1.73. The highest BCUT2D eigenvalue weighted by Crippen LogP contribution is 2.44. The van der Waals surface area contributed by atoms with Crippen LogP contribution in [0.5, 0.6) is 0 Å². The highest BCUT2D eigenvalue weighted by Gasteiger charge is 2.32. The molecule has 32 heavy (non-hydrogen) atoms. The topological polar surface area (TPSA) is 42.9 Å². The number of aromatic nitrogens is 2. The van der Waals surface area contributed by atoms with E-state index in [1.54, 1.807) is 12.4 Å². The fourth-order valence-corrected chi connectivity index (χ4v) is 6.60. The number of nitrogens with zero attached hydrogens (tertiary/aromatic N) is 2. The second-order valence-corrected chi connectivity index (χ2v) is 10.6. The first kappa shape index (κ1) is 23.7. The molecule has 0 radical (unpaired) electrons. The Kier molecular flexibility index (Phi) is 8.60. The van der Waals surface area contributed by atoms with E-state index in [2.05, 4.69) is 9.97 Å². The summed E-state index contributed by atoms with van der Waals surface area (Å²) in [5, 5.41) is 1.38. The maximum atomic E-state index is 13.6. The lowest BCUT2D eigenvalue weighted by Crippen LogP contribution is -2.23. The molecule has 0 aliphatic heterocycles. The van der Waals surface area contributed by atoms with Crippen LogP contribution in [0.2, 0.25) is 10.0 Å². The van der Waals surface area contributed by atoms with Crippen LogP contribution in [0.4, 0.5) is 0 Å². The fourth-order valence-electron chi connectivity index (χ4n) is 6.08. The van der Waals surface area contributed by atoms with Crippen molar-refractivity contribution in [1.82, 2.24) is 9.97 Å². The molecule has 5 heteroatoms. The third kappa shape index (κ3) is 5.91. The lowest BCUT2D eigenvalue weighted by atomic mass is 9.72. The lowest BCUT2D eigenvalue weighted by molar-refractivity contribution is -0.120. The van der Waals surface area contributed by atoms with Crippen molar-refractivity contribution in [2.24, 2.45) is 11.8 Å². The van der Waals surface area contributed by atoms with Crippen molar-refractivity contribution in [3.05, 3.63) is 58.1 Å². The Morgan fingerprint density at radius 2 is 1.16 bits per heavy atom. The molecule has 0 aromatic carbocycles. The van der Waals surface area contributed by atoms with E-state index in [0.29, 0.717) is 40.5 Å². The smallest absolute Gasteiger partial charge is 0.134 e. The van der Waals surface area contributed by atoms with E-state index in [4.69, 9.17) is 23.2 Å². The van der Waals surface area contributed by atoms with Crippen LogP contribution in [0.25, 0.3) is 0 Å². The number of carbonyl (C=O) groups is 1. The quantitative estimate of drug-likeness (QED) is 0.388. The van der Waals surface area contributed by atoms with Gasteiger partial charge in [-0.25, -0.2) is 0 Å². The van der Waals surface area contributed by atoms with Crippen molar-refractivity contribution in [1.29, 1.82) is 0 Å². The van der Waals surface area contributed by atoms with Gasteiger partial charge in [0.2, 0.25) is 0 Å². The summed E-state index contributed by atoms with van der Waals surface area (Å²) in [5.41, 5.74) is 2.19. The summed E-state index contributed by atoms with van der Waals surface area (Å²) < 4.78 is 0. The Morgan fingerprint density at radius 1 is 0.750 bits per heavy atom. The summed E-state index contributed by atoms with van der Waals surface area (Å²) in [6.07, 6.45) is 20.5. The summed E-state index contributed by atoms with van der Waals surface area (Å²) in [6, 6.07) is 4.04. The minimum absolute atomic E-state index is 0.179. The molecule has 172 valence electrons. The van der Waals surface area contributed by atoms with Crippen molar-refractivity contribution in [3.63, 3.8) is 0 Å². The third-order valence-electron chi connectivity index (χ3n) is 7.74. The summed E-state index contributed by atoms with van der Waals surface area (Å²) >= 11 is 13.1. The van der Waals surface area contributed by atoms with E-state index in [1.807, 2.05) is 24.5 Å². The van der Waals surface area contributed by atoms with Gasteiger partial charge in [0.05, 0.1) is 10.0 Å². The molecule has 2 fully saturated rings. The van der Waals surface area contributed by atoms with E-state index in [9.17, 15) is 4.79 Å². The molecule has 2 aromatic rings. The second-order valence-electron chi connectivity index (χ2n) is 9.75. The highest BCUT2D eigenvalue weighted by molar-refractivity contribution is 6.31. The van der Waals surface area contributed by atoms with Gasteiger partial charge in [0.1, 0.15) is 5.78 Å². The molecule has 0 bridgehead atoms. The fraction of sp³-hybridized carbons (Fsp3) is 0.593. The van der Waals surface area contributed by atoms with Gasteiger partial charge in [0.25, 0.3) is 0 Å². The summed E-state index contributed by atoms with van der Waals surface area (Å²) in [4.78, 5) is 21.9. The second kappa shape index (κ2) is 11.6. The van der Waals surface area contributed by atoms with Crippen molar-refractivity contribution in [2.75, 3.05) is 0 Å². The van der Waals surface area contributed by atoms with Crippen LogP contribution < -0.4 is 0 Å². The summed E-state index contributed by atoms with van der Waals surface area (Å²) in [6.45, 7) is 0.